The van der Waals surface area contributed by atoms with Crippen molar-refractivity contribution in [2.75, 3.05) is 52.6 Å². The van der Waals surface area contributed by atoms with Crippen molar-refractivity contribution in [1.29, 1.82) is 0 Å². The number of benzene rings is 1. The van der Waals surface area contributed by atoms with E-state index in [1.54, 1.807) is 46.5 Å². The number of aryl methyl sites for hydroxylation is 1. The molecular formula is C47H44Cl2F2N10O8S. The Kier molecular flexibility index (Phi) is 13.4. The van der Waals surface area contributed by atoms with Crippen LogP contribution < -0.4 is 0 Å². The lowest BCUT2D eigenvalue weighted by atomic mass is 9.95. The SMILES string of the molecule is Cc1ccc(S(=O)(=O)n2cc(-c3ncc(F)c(CC4CN(C(=O)OC5CCOC5)C4)n3)c3cc(Cl)cnc32)cc1.O=C(OC1CCOC1)N1CC(Cc2nc(-c3c[nH]c4ncc(Cl)cc34)ncc2F)C1. The molecular weight excluding hydrogens is 974 g/mol. The van der Waals surface area contributed by atoms with Gasteiger partial charge in [-0.2, -0.15) is 0 Å². The van der Waals surface area contributed by atoms with Crippen LogP contribution in [0.2, 0.25) is 10.0 Å². The number of rotatable bonds is 10. The molecule has 10 heterocycles. The summed E-state index contributed by atoms with van der Waals surface area (Å²) in [6.45, 7) is 5.77. The summed E-state index contributed by atoms with van der Waals surface area (Å²) in [5, 5.41) is 1.98. The zero-order chi connectivity index (χ0) is 48.7. The van der Waals surface area contributed by atoms with Crippen LogP contribution in [0.4, 0.5) is 18.4 Å². The van der Waals surface area contributed by atoms with Crippen molar-refractivity contribution >= 4 is 67.5 Å². The van der Waals surface area contributed by atoms with E-state index in [1.165, 1.54) is 30.7 Å². The molecule has 4 fully saturated rings. The molecule has 11 rings (SSSR count). The first-order valence-electron chi connectivity index (χ1n) is 22.5. The number of fused-ring (bicyclic) bond motifs is 2. The molecule has 4 aliphatic rings. The van der Waals surface area contributed by atoms with Gasteiger partial charge >= 0.3 is 12.2 Å². The predicted molar refractivity (Wildman–Crippen MR) is 251 cm³/mol. The normalized spacial score (nSPS) is 18.4. The van der Waals surface area contributed by atoms with Crippen LogP contribution in [0.25, 0.3) is 44.8 Å². The summed E-state index contributed by atoms with van der Waals surface area (Å²) in [6, 6.07) is 9.83. The van der Waals surface area contributed by atoms with Crippen LogP contribution in [0, 0.1) is 30.4 Å². The summed E-state index contributed by atoms with van der Waals surface area (Å²) in [4.78, 5) is 56.5. The van der Waals surface area contributed by atoms with Gasteiger partial charge in [0.2, 0.25) is 0 Å². The molecule has 23 heteroatoms. The van der Waals surface area contributed by atoms with Crippen LogP contribution in [0.3, 0.4) is 0 Å². The molecule has 6 aromatic heterocycles. The second-order valence-corrected chi connectivity index (χ2v) is 20.3. The molecule has 70 heavy (non-hydrogen) atoms. The fourth-order valence-electron chi connectivity index (χ4n) is 8.64. The van der Waals surface area contributed by atoms with E-state index in [0.717, 1.165) is 27.5 Å². The largest absolute Gasteiger partial charge is 0.444 e. The summed E-state index contributed by atoms with van der Waals surface area (Å²) in [7, 11) is -4.01. The first-order chi connectivity index (χ1) is 33.7. The van der Waals surface area contributed by atoms with Crippen molar-refractivity contribution in [1.82, 2.24) is 48.7 Å². The molecule has 2 unspecified atom stereocenters. The van der Waals surface area contributed by atoms with Crippen molar-refractivity contribution in [3.05, 3.63) is 112 Å². The van der Waals surface area contributed by atoms with E-state index in [2.05, 4.69) is 34.9 Å². The van der Waals surface area contributed by atoms with E-state index in [-0.39, 0.29) is 58.6 Å². The number of ether oxygens (including phenoxy) is 4. The van der Waals surface area contributed by atoms with Gasteiger partial charge in [0.15, 0.2) is 28.9 Å². The van der Waals surface area contributed by atoms with Crippen molar-refractivity contribution in [2.24, 2.45) is 11.8 Å². The number of aromatic amines is 1. The number of carbonyl (C=O) groups excluding carboxylic acids is 2. The molecule has 0 spiro atoms. The van der Waals surface area contributed by atoms with Crippen molar-refractivity contribution in [3.63, 3.8) is 0 Å². The van der Waals surface area contributed by atoms with E-state index in [9.17, 15) is 26.8 Å². The topological polar surface area (TPSA) is 210 Å². The number of likely N-dealkylation sites (tertiary alicyclic amines) is 2. The average Bonchev–Trinajstić information content (AvgIpc) is 4.16. The number of nitrogens with one attached hydrogen (secondary N) is 1. The number of halogens is 4. The van der Waals surface area contributed by atoms with Gasteiger partial charge in [0.1, 0.15) is 17.9 Å². The first kappa shape index (κ1) is 47.3. The van der Waals surface area contributed by atoms with Gasteiger partial charge in [-0.1, -0.05) is 40.9 Å². The third-order valence-corrected chi connectivity index (χ3v) is 14.6. The third kappa shape index (κ3) is 9.98. The molecule has 2 amide bonds. The summed E-state index contributed by atoms with van der Waals surface area (Å²) in [6.07, 6.45) is 9.24. The van der Waals surface area contributed by atoms with Gasteiger partial charge in [-0.25, -0.2) is 60.7 Å². The van der Waals surface area contributed by atoms with E-state index in [0.29, 0.717) is 109 Å². The highest BCUT2D eigenvalue weighted by Gasteiger charge is 2.36. The lowest BCUT2D eigenvalue weighted by Crippen LogP contribution is -2.51. The maximum Gasteiger partial charge on any atom is 0.410 e. The van der Waals surface area contributed by atoms with Crippen molar-refractivity contribution < 1.29 is 45.7 Å². The predicted octanol–water partition coefficient (Wildman–Crippen LogP) is 7.44. The van der Waals surface area contributed by atoms with Crippen LogP contribution in [-0.2, 0) is 41.8 Å². The lowest BCUT2D eigenvalue weighted by Gasteiger charge is -2.38. The maximum atomic E-state index is 14.8. The second kappa shape index (κ2) is 19.8. The van der Waals surface area contributed by atoms with Crippen LogP contribution in [0.15, 0.2) is 78.5 Å². The molecule has 0 aliphatic carbocycles. The average molecular weight is 1020 g/mol. The lowest BCUT2D eigenvalue weighted by molar-refractivity contribution is 0.0227. The summed E-state index contributed by atoms with van der Waals surface area (Å²) >= 11 is 12.3. The molecule has 364 valence electrons. The monoisotopic (exact) mass is 1020 g/mol. The molecule has 4 aliphatic heterocycles. The number of pyridine rings is 2. The number of hydrogen-bond donors (Lipinski definition) is 1. The number of nitrogens with zero attached hydrogens (tertiary/aromatic N) is 9. The highest BCUT2D eigenvalue weighted by atomic mass is 35.5. The number of amides is 2. The summed E-state index contributed by atoms with van der Waals surface area (Å²) < 4.78 is 78.5. The number of H-pyrrole nitrogens is 1. The molecule has 0 saturated carbocycles. The van der Waals surface area contributed by atoms with Gasteiger partial charge < -0.3 is 33.7 Å². The first-order valence-corrected chi connectivity index (χ1v) is 24.7. The molecule has 1 N–H and O–H groups in total. The number of aromatic nitrogens is 8. The molecule has 2 atom stereocenters. The molecule has 4 saturated heterocycles. The van der Waals surface area contributed by atoms with Gasteiger partial charge in [0.05, 0.1) is 65.1 Å². The smallest absolute Gasteiger partial charge is 0.410 e. The van der Waals surface area contributed by atoms with Crippen molar-refractivity contribution in [2.45, 2.75) is 49.7 Å². The fraction of sp³-hybridized carbons (Fsp3) is 0.362. The van der Waals surface area contributed by atoms with Gasteiger partial charge in [-0.15, -0.1) is 0 Å². The van der Waals surface area contributed by atoms with Gasteiger partial charge in [0.25, 0.3) is 10.0 Å². The fourth-order valence-corrected chi connectivity index (χ4v) is 10.3. The number of hydrogen-bond acceptors (Lipinski definition) is 14. The Bertz CT molecular complexity index is 3210. The van der Waals surface area contributed by atoms with Crippen LogP contribution in [0.5, 0.6) is 0 Å². The summed E-state index contributed by atoms with van der Waals surface area (Å²) in [5.74, 6) is -0.393. The second-order valence-electron chi connectivity index (χ2n) is 17.6. The van der Waals surface area contributed by atoms with E-state index < -0.39 is 27.8 Å². The van der Waals surface area contributed by atoms with E-state index >= 15 is 0 Å². The van der Waals surface area contributed by atoms with Crippen LogP contribution >= 0.6 is 23.2 Å². The zero-order valence-corrected chi connectivity index (χ0v) is 39.8. The van der Waals surface area contributed by atoms with Crippen molar-refractivity contribution in [3.8, 4) is 22.8 Å². The van der Waals surface area contributed by atoms with Gasteiger partial charge in [-0.3, -0.25) is 0 Å². The molecule has 18 nitrogen and oxygen atoms in total. The van der Waals surface area contributed by atoms with E-state index in [4.69, 9.17) is 42.1 Å². The molecule has 1 aromatic carbocycles. The van der Waals surface area contributed by atoms with E-state index in [1.807, 2.05) is 6.92 Å². The maximum absolute atomic E-state index is 14.8. The Labute approximate surface area is 409 Å². The highest BCUT2D eigenvalue weighted by Crippen LogP contribution is 2.34. The highest BCUT2D eigenvalue weighted by molar-refractivity contribution is 7.90. The Hall–Kier alpha value is -6.39. The molecule has 0 radical (unpaired) electrons. The van der Waals surface area contributed by atoms with Gasteiger partial charge in [-0.05, 0) is 55.9 Å². The standard InChI is InChI=1S/C27H25ClFN5O5S.C20H19ClFN5O3/c1-16-2-4-20(5-3-16)40(36,37)34-14-22(21-9-18(28)10-31-26(21)34)25-30-11-23(29)24(32-25)8-17-12-33(13-17)27(35)39-19-6-7-38-15-19;21-12-4-14-15(6-24-18(14)23-5-12)19-25-7-16(22)17(26-19)3-11-8-27(9-11)20(28)30-13-1-2-29-10-13/h2-5,9-11,14,17,19H,6-8,12-13,15H2,1H3;4-7,11,13H,1-3,8-10H2,(H,23,24). The minimum atomic E-state index is -4.01. The quantitative estimate of drug-likeness (QED) is 0.141. The Morgan fingerprint density at radius 2 is 1.27 bits per heavy atom. The Morgan fingerprint density at radius 1 is 0.743 bits per heavy atom. The molecule has 7 aromatic rings. The Balaban J connectivity index is 0.000000169. The minimum absolute atomic E-state index is 0.0102. The third-order valence-electron chi connectivity index (χ3n) is 12.5. The van der Waals surface area contributed by atoms with Crippen LogP contribution in [-0.4, -0.2) is 134 Å². The Morgan fingerprint density at radius 3 is 1.81 bits per heavy atom. The minimum Gasteiger partial charge on any atom is -0.444 e. The number of carbonyl (C=O) groups is 2. The zero-order valence-electron chi connectivity index (χ0n) is 37.4. The summed E-state index contributed by atoms with van der Waals surface area (Å²) in [5.41, 5.74) is 3.28. The molecule has 0 bridgehead atoms. The van der Waals surface area contributed by atoms with Gasteiger partial charge in [0, 0.05) is 85.7 Å². The van der Waals surface area contributed by atoms with Crippen LogP contribution in [0.1, 0.15) is 29.8 Å².